The van der Waals surface area contributed by atoms with Crippen LogP contribution in [0.1, 0.15) is 18.2 Å². The topological polar surface area (TPSA) is 50.2 Å². The second kappa shape index (κ2) is 4.90. The van der Waals surface area contributed by atoms with E-state index < -0.39 is 46.4 Å². The lowest BCUT2D eigenvalue weighted by Gasteiger charge is -2.12. The summed E-state index contributed by atoms with van der Waals surface area (Å²) >= 11 is 0. The summed E-state index contributed by atoms with van der Waals surface area (Å²) in [4.78, 5) is 13.1. The van der Waals surface area contributed by atoms with Gasteiger partial charge in [0, 0.05) is 0 Å². The van der Waals surface area contributed by atoms with Crippen LogP contribution in [0.5, 0.6) is 0 Å². The Kier molecular flexibility index (Phi) is 3.87. The van der Waals surface area contributed by atoms with Crippen LogP contribution in [0.4, 0.5) is 26.3 Å². The molecule has 1 aromatic heterocycles. The highest BCUT2D eigenvalue weighted by molar-refractivity contribution is 6.19. The minimum atomic E-state index is -5.38. The molecule has 0 fully saturated rings. The van der Waals surface area contributed by atoms with Crippen LogP contribution >= 0.6 is 0 Å². The van der Waals surface area contributed by atoms with Crippen molar-refractivity contribution in [1.82, 2.24) is 4.98 Å². The van der Waals surface area contributed by atoms with Crippen LogP contribution in [0.2, 0.25) is 0 Å². The number of rotatable bonds is 2. The van der Waals surface area contributed by atoms with E-state index in [2.05, 4.69) is 4.98 Å². The van der Waals surface area contributed by atoms with Gasteiger partial charge < -0.3 is 5.11 Å². The highest BCUT2D eigenvalue weighted by Gasteiger charge is 2.40. The Bertz CT molecular complexity index is 564. The fraction of sp³-hybridized carbons (Fsp3) is 0.200. The van der Waals surface area contributed by atoms with E-state index in [0.717, 1.165) is 6.92 Å². The number of carbonyl (C=O) groups is 1. The van der Waals surface area contributed by atoms with Crippen molar-refractivity contribution < 1.29 is 36.2 Å². The third kappa shape index (κ3) is 2.69. The van der Waals surface area contributed by atoms with Crippen LogP contribution in [0, 0.1) is 17.6 Å². The molecule has 0 aliphatic carbocycles. The molecule has 1 heterocycles. The minimum Gasteiger partial charge on any atom is -0.515 e. The molecular weight excluding hydrogens is 280 g/mol. The van der Waals surface area contributed by atoms with E-state index in [1.54, 1.807) is 0 Å². The molecule has 0 saturated carbocycles. The van der Waals surface area contributed by atoms with Crippen LogP contribution in [0.3, 0.4) is 0 Å². The first-order valence-corrected chi connectivity index (χ1v) is 4.58. The molecule has 0 aliphatic rings. The Morgan fingerprint density at radius 2 is 1.74 bits per heavy atom. The van der Waals surface area contributed by atoms with Gasteiger partial charge in [0.15, 0.2) is 23.1 Å². The summed E-state index contributed by atoms with van der Waals surface area (Å²) < 4.78 is 76.8. The number of allylic oxidation sites excluding steroid dienone is 1. The second-order valence-electron chi connectivity index (χ2n) is 3.35. The molecule has 3 nitrogen and oxygen atoms in total. The van der Waals surface area contributed by atoms with Crippen molar-refractivity contribution in [3.8, 4) is 0 Å². The predicted octanol–water partition coefficient (Wildman–Crippen LogP) is 3.01. The Hall–Kier alpha value is -2.06. The Balaban J connectivity index is 3.74. The molecule has 0 aromatic carbocycles. The number of nitrogens with zero attached hydrogens (tertiary/aromatic N) is 1. The number of aliphatic hydroxyl groups is 1. The SMILES string of the molecule is CC(=O)/C(=C\O)c1c(F)c(F)nc(C(F)(F)F)c1F. The van der Waals surface area contributed by atoms with Crippen molar-refractivity contribution in [3.63, 3.8) is 0 Å². The number of Topliss-reactive ketones (excluding diaryl/α,β-unsaturated/α-hetero) is 1. The highest BCUT2D eigenvalue weighted by Crippen LogP contribution is 2.34. The summed E-state index contributed by atoms with van der Waals surface area (Å²) in [6, 6.07) is 0. The number of hydrogen-bond acceptors (Lipinski definition) is 3. The number of ketones is 1. The quantitative estimate of drug-likeness (QED) is 0.393. The van der Waals surface area contributed by atoms with Gasteiger partial charge in [0.25, 0.3) is 0 Å². The monoisotopic (exact) mass is 285 g/mol. The van der Waals surface area contributed by atoms with E-state index in [9.17, 15) is 31.1 Å². The summed E-state index contributed by atoms with van der Waals surface area (Å²) in [5, 5.41) is 8.64. The summed E-state index contributed by atoms with van der Waals surface area (Å²) in [5.74, 6) is -7.76. The molecule has 0 bridgehead atoms. The van der Waals surface area contributed by atoms with E-state index >= 15 is 0 Å². The first-order chi connectivity index (χ1) is 8.61. The third-order valence-corrected chi connectivity index (χ3v) is 2.08. The molecule has 0 atom stereocenters. The lowest BCUT2D eigenvalue weighted by atomic mass is 10.0. The normalized spacial score (nSPS) is 12.7. The Labute approximate surface area is 102 Å². The lowest BCUT2D eigenvalue weighted by Crippen LogP contribution is -2.17. The zero-order chi connectivity index (χ0) is 15.0. The van der Waals surface area contributed by atoms with Crippen molar-refractivity contribution in [1.29, 1.82) is 0 Å². The van der Waals surface area contributed by atoms with E-state index in [-0.39, 0.29) is 6.26 Å². The first kappa shape index (κ1) is 15.0. The molecular formula is C10H5F6NO2. The highest BCUT2D eigenvalue weighted by atomic mass is 19.4. The van der Waals surface area contributed by atoms with Crippen molar-refractivity contribution in [2.75, 3.05) is 0 Å². The number of hydrogen-bond donors (Lipinski definition) is 1. The van der Waals surface area contributed by atoms with Gasteiger partial charge >= 0.3 is 6.18 Å². The number of halogens is 6. The van der Waals surface area contributed by atoms with E-state index in [0.29, 0.717) is 0 Å². The molecule has 1 rings (SSSR count). The number of aromatic nitrogens is 1. The Morgan fingerprint density at radius 1 is 1.21 bits per heavy atom. The fourth-order valence-electron chi connectivity index (χ4n) is 1.27. The number of carbonyl (C=O) groups excluding carboxylic acids is 1. The van der Waals surface area contributed by atoms with Crippen LogP contribution in [0.15, 0.2) is 6.26 Å². The molecule has 0 radical (unpaired) electrons. The van der Waals surface area contributed by atoms with Gasteiger partial charge in [-0.15, -0.1) is 0 Å². The molecule has 0 aliphatic heterocycles. The first-order valence-electron chi connectivity index (χ1n) is 4.58. The minimum absolute atomic E-state index is 0.108. The molecule has 0 spiro atoms. The molecule has 0 saturated heterocycles. The molecule has 19 heavy (non-hydrogen) atoms. The number of pyridine rings is 1. The maximum atomic E-state index is 13.5. The molecule has 104 valence electrons. The molecule has 0 unspecified atom stereocenters. The summed E-state index contributed by atoms with van der Waals surface area (Å²) in [6.07, 6.45) is -5.49. The largest absolute Gasteiger partial charge is 0.515 e. The van der Waals surface area contributed by atoms with Crippen LogP contribution in [0.25, 0.3) is 5.57 Å². The van der Waals surface area contributed by atoms with Gasteiger partial charge in [-0.05, 0) is 6.92 Å². The summed E-state index contributed by atoms with van der Waals surface area (Å²) in [7, 11) is 0. The predicted molar refractivity (Wildman–Crippen MR) is 50.4 cm³/mol. The van der Waals surface area contributed by atoms with Gasteiger partial charge in [0.1, 0.15) is 0 Å². The summed E-state index contributed by atoms with van der Waals surface area (Å²) in [5.41, 5.74) is -5.07. The smallest absolute Gasteiger partial charge is 0.436 e. The Morgan fingerprint density at radius 3 is 2.11 bits per heavy atom. The molecule has 1 aromatic rings. The van der Waals surface area contributed by atoms with E-state index in [1.165, 1.54) is 0 Å². The fourth-order valence-corrected chi connectivity index (χ4v) is 1.27. The number of alkyl halides is 3. The third-order valence-electron chi connectivity index (χ3n) is 2.08. The molecule has 0 amide bonds. The maximum Gasteiger partial charge on any atom is 0.436 e. The molecule has 1 N–H and O–H groups in total. The number of aliphatic hydroxyl groups excluding tert-OH is 1. The van der Waals surface area contributed by atoms with Crippen molar-refractivity contribution in [3.05, 3.63) is 35.1 Å². The van der Waals surface area contributed by atoms with Crippen molar-refractivity contribution in [2.45, 2.75) is 13.1 Å². The van der Waals surface area contributed by atoms with Gasteiger partial charge in [-0.25, -0.2) is 13.8 Å². The van der Waals surface area contributed by atoms with Crippen LogP contribution in [-0.2, 0) is 11.0 Å². The second-order valence-corrected chi connectivity index (χ2v) is 3.35. The maximum absolute atomic E-state index is 13.5. The summed E-state index contributed by atoms with van der Waals surface area (Å²) in [6.45, 7) is 0.729. The van der Waals surface area contributed by atoms with Crippen molar-refractivity contribution in [2.24, 2.45) is 0 Å². The van der Waals surface area contributed by atoms with Gasteiger partial charge in [-0.1, -0.05) is 0 Å². The zero-order valence-electron chi connectivity index (χ0n) is 9.15. The van der Waals surface area contributed by atoms with Crippen LogP contribution < -0.4 is 0 Å². The molecule has 9 heteroatoms. The van der Waals surface area contributed by atoms with Gasteiger partial charge in [-0.2, -0.15) is 17.6 Å². The van der Waals surface area contributed by atoms with Gasteiger partial charge in [-0.3, -0.25) is 4.79 Å². The van der Waals surface area contributed by atoms with Gasteiger partial charge in [0.05, 0.1) is 17.4 Å². The van der Waals surface area contributed by atoms with Crippen LogP contribution in [-0.4, -0.2) is 15.9 Å². The van der Waals surface area contributed by atoms with E-state index in [1.807, 2.05) is 0 Å². The van der Waals surface area contributed by atoms with E-state index in [4.69, 9.17) is 5.11 Å². The standard InChI is InChI=1S/C10H5F6NO2/c1-3(19)4(2-18)5-6(11)8(10(14,15)16)17-9(13)7(5)12/h2,18H,1H3/b4-2+. The lowest BCUT2D eigenvalue weighted by molar-refractivity contribution is -0.144. The zero-order valence-corrected chi connectivity index (χ0v) is 9.15. The average molecular weight is 285 g/mol. The van der Waals surface area contributed by atoms with Gasteiger partial charge in [0.2, 0.25) is 5.95 Å². The average Bonchev–Trinajstić information content (AvgIpc) is 2.27. The van der Waals surface area contributed by atoms with Crippen molar-refractivity contribution >= 4 is 11.4 Å².